The number of carbonyl (C=O) groups is 7. The Bertz CT molecular complexity index is 2000. The normalized spacial score (nSPS) is 14.6. The van der Waals surface area contributed by atoms with Crippen molar-refractivity contribution in [3.05, 3.63) is 77.5 Å². The van der Waals surface area contributed by atoms with E-state index in [9.17, 15) is 33.6 Å². The van der Waals surface area contributed by atoms with E-state index in [0.717, 1.165) is 24.0 Å². The van der Waals surface area contributed by atoms with E-state index in [1.807, 2.05) is 19.1 Å². The zero-order chi connectivity index (χ0) is 47.1. The van der Waals surface area contributed by atoms with Crippen LogP contribution in [0.2, 0.25) is 5.02 Å². The summed E-state index contributed by atoms with van der Waals surface area (Å²) in [6, 6.07) is 12.0. The van der Waals surface area contributed by atoms with Gasteiger partial charge in [-0.3, -0.25) is 28.8 Å². The number of oxazole rings is 1. The van der Waals surface area contributed by atoms with E-state index in [0.29, 0.717) is 23.4 Å². The van der Waals surface area contributed by atoms with Gasteiger partial charge in [-0.25, -0.2) is 9.78 Å². The maximum absolute atomic E-state index is 14.2. The van der Waals surface area contributed by atoms with Gasteiger partial charge in [0.25, 0.3) is 5.89 Å². The van der Waals surface area contributed by atoms with Crippen LogP contribution in [-0.4, -0.2) is 82.0 Å². The standard InChI is InChI=1S/C48H65ClN4O10/c1-11-12-13-14-37(39(55)25-29(2)42(57)45-50-23-24-61-45)52-43(58)30(3)26-40(56)41(31(4)62-47(5,6)7)53-44(59)35(28-51-46(60)63-48(8,9)10)27-38(54)34-17-15-32(16-18-34)33-19-21-36(49)22-20-33/h15-24,29-31,35,37,41H,11-14,25-28H2,1-10H3,(H,51,60)(H,52,58)(H,53,59)/t29-,30-,31-,35+,37+,41+/m1/s1. The predicted molar refractivity (Wildman–Crippen MR) is 240 cm³/mol. The van der Waals surface area contributed by atoms with E-state index >= 15 is 0 Å². The van der Waals surface area contributed by atoms with Crippen molar-refractivity contribution >= 4 is 52.6 Å². The Morgan fingerprint density at radius 1 is 0.746 bits per heavy atom. The maximum Gasteiger partial charge on any atom is 0.407 e. The smallest absolute Gasteiger partial charge is 0.407 e. The molecule has 6 atom stereocenters. The van der Waals surface area contributed by atoms with Crippen molar-refractivity contribution in [2.24, 2.45) is 17.8 Å². The zero-order valence-corrected chi connectivity index (χ0v) is 39.1. The molecule has 15 heteroatoms. The van der Waals surface area contributed by atoms with Crippen LogP contribution in [-0.2, 0) is 28.7 Å². The number of hydrogen-bond donors (Lipinski definition) is 3. The number of rotatable bonds is 24. The lowest BCUT2D eigenvalue weighted by atomic mass is 9.92. The van der Waals surface area contributed by atoms with Gasteiger partial charge in [-0.15, -0.1) is 0 Å². The van der Waals surface area contributed by atoms with E-state index in [4.69, 9.17) is 25.5 Å². The Morgan fingerprint density at radius 3 is 1.90 bits per heavy atom. The third-order valence-electron chi connectivity index (χ3n) is 10.1. The summed E-state index contributed by atoms with van der Waals surface area (Å²) in [5.74, 6) is -5.84. The second kappa shape index (κ2) is 24.0. The van der Waals surface area contributed by atoms with Gasteiger partial charge in [0.05, 0.1) is 29.9 Å². The number of hydrogen-bond acceptors (Lipinski definition) is 11. The number of unbranched alkanes of at least 4 members (excludes halogenated alkanes) is 2. The molecular formula is C48H65ClN4O10. The van der Waals surface area contributed by atoms with Gasteiger partial charge in [0.1, 0.15) is 17.9 Å². The number of Topliss-reactive ketones (excluding diaryl/α,β-unsaturated/α-hetero) is 4. The summed E-state index contributed by atoms with van der Waals surface area (Å²) < 4.78 is 16.6. The second-order valence-corrected chi connectivity index (χ2v) is 18.6. The van der Waals surface area contributed by atoms with Crippen LogP contribution in [0.3, 0.4) is 0 Å². The molecule has 344 valence electrons. The molecule has 1 aromatic heterocycles. The highest BCUT2D eigenvalue weighted by molar-refractivity contribution is 6.30. The lowest BCUT2D eigenvalue weighted by Gasteiger charge is -2.32. The average molecular weight is 894 g/mol. The van der Waals surface area contributed by atoms with Crippen LogP contribution in [0.1, 0.15) is 135 Å². The minimum atomic E-state index is -1.27. The summed E-state index contributed by atoms with van der Waals surface area (Å²) in [4.78, 5) is 98.7. The molecule has 0 aliphatic rings. The lowest BCUT2D eigenvalue weighted by molar-refractivity contribution is -0.139. The largest absolute Gasteiger partial charge is 0.444 e. The number of ketones is 4. The molecule has 63 heavy (non-hydrogen) atoms. The Balaban J connectivity index is 1.82. The predicted octanol–water partition coefficient (Wildman–Crippen LogP) is 8.54. The van der Waals surface area contributed by atoms with Crippen molar-refractivity contribution in [3.8, 4) is 11.1 Å². The van der Waals surface area contributed by atoms with Crippen LogP contribution in [0.25, 0.3) is 11.1 Å². The van der Waals surface area contributed by atoms with Gasteiger partial charge in [-0.05, 0) is 78.1 Å². The minimum Gasteiger partial charge on any atom is -0.444 e. The first-order chi connectivity index (χ1) is 29.5. The topological polar surface area (TPSA) is 200 Å². The third kappa shape index (κ3) is 17.8. The number of benzene rings is 2. The van der Waals surface area contributed by atoms with E-state index in [1.54, 1.807) is 98.7 Å². The number of ether oxygens (including phenoxy) is 2. The summed E-state index contributed by atoms with van der Waals surface area (Å²) >= 11 is 6.05. The highest BCUT2D eigenvalue weighted by Gasteiger charge is 2.36. The quantitative estimate of drug-likeness (QED) is 0.0575. The molecule has 3 rings (SSSR count). The van der Waals surface area contributed by atoms with Crippen LogP contribution >= 0.6 is 11.6 Å². The summed E-state index contributed by atoms with van der Waals surface area (Å²) in [5.41, 5.74) is 0.511. The third-order valence-corrected chi connectivity index (χ3v) is 10.3. The number of nitrogens with zero attached hydrogens (tertiary/aromatic N) is 1. The molecule has 0 radical (unpaired) electrons. The molecule has 0 spiro atoms. The minimum absolute atomic E-state index is 0.0990. The first kappa shape index (κ1) is 52.1. The van der Waals surface area contributed by atoms with E-state index in [1.165, 1.54) is 12.5 Å². The molecule has 0 bridgehead atoms. The molecule has 0 saturated heterocycles. The fourth-order valence-electron chi connectivity index (χ4n) is 6.81. The van der Waals surface area contributed by atoms with Crippen LogP contribution in [0.15, 0.2) is 65.4 Å². The van der Waals surface area contributed by atoms with Crippen molar-refractivity contribution in [2.45, 2.75) is 144 Å². The van der Waals surface area contributed by atoms with Crippen molar-refractivity contribution in [1.29, 1.82) is 0 Å². The van der Waals surface area contributed by atoms with Crippen molar-refractivity contribution < 1.29 is 47.5 Å². The van der Waals surface area contributed by atoms with Gasteiger partial charge in [-0.2, -0.15) is 0 Å². The summed E-state index contributed by atoms with van der Waals surface area (Å²) in [7, 11) is 0. The SMILES string of the molecule is CCCCC[C@H](NC(=O)[C@H](C)CC(=O)[C@@H](NC(=O)[C@H](CNC(=O)OC(C)(C)C)CC(=O)c1ccc(-c2ccc(Cl)cc2)cc1)[C@@H](C)OC(C)(C)C)C(=O)C[C@@H](C)C(=O)c1ncco1. The van der Waals surface area contributed by atoms with Gasteiger partial charge in [0.2, 0.25) is 17.6 Å². The molecule has 1 heterocycles. The molecule has 2 aromatic carbocycles. The molecule has 14 nitrogen and oxygen atoms in total. The van der Waals surface area contributed by atoms with Gasteiger partial charge in [-0.1, -0.05) is 88.0 Å². The molecule has 0 aliphatic heterocycles. The molecule has 0 aliphatic carbocycles. The van der Waals surface area contributed by atoms with Gasteiger partial charge >= 0.3 is 6.09 Å². The van der Waals surface area contributed by atoms with Gasteiger partial charge in [0, 0.05) is 48.2 Å². The summed E-state index contributed by atoms with van der Waals surface area (Å²) in [6.45, 7) is 17.0. The lowest BCUT2D eigenvalue weighted by Crippen LogP contribution is -2.54. The Kier molecular flexibility index (Phi) is 19.9. The van der Waals surface area contributed by atoms with Crippen LogP contribution in [0, 0.1) is 17.8 Å². The summed E-state index contributed by atoms with van der Waals surface area (Å²) in [5, 5.41) is 8.79. The average Bonchev–Trinajstić information content (AvgIpc) is 3.75. The van der Waals surface area contributed by atoms with Gasteiger partial charge < -0.3 is 29.8 Å². The number of alkyl carbamates (subject to hydrolysis) is 1. The number of carbonyl (C=O) groups excluding carboxylic acids is 7. The Morgan fingerprint density at radius 2 is 1.35 bits per heavy atom. The number of amides is 3. The molecule has 0 unspecified atom stereocenters. The Labute approximate surface area is 376 Å². The van der Waals surface area contributed by atoms with Crippen LogP contribution in [0.5, 0.6) is 0 Å². The monoisotopic (exact) mass is 892 g/mol. The van der Waals surface area contributed by atoms with Gasteiger partial charge in [0.15, 0.2) is 17.3 Å². The van der Waals surface area contributed by atoms with E-state index in [2.05, 4.69) is 20.9 Å². The first-order valence-corrected chi connectivity index (χ1v) is 22.0. The number of nitrogens with one attached hydrogen (secondary N) is 3. The first-order valence-electron chi connectivity index (χ1n) is 21.6. The molecule has 3 N–H and O–H groups in total. The van der Waals surface area contributed by atoms with E-state index < -0.39 is 76.6 Å². The highest BCUT2D eigenvalue weighted by atomic mass is 35.5. The fourth-order valence-corrected chi connectivity index (χ4v) is 6.93. The fraction of sp³-hybridized carbons (Fsp3) is 0.542. The van der Waals surface area contributed by atoms with Crippen molar-refractivity contribution in [3.63, 3.8) is 0 Å². The highest BCUT2D eigenvalue weighted by Crippen LogP contribution is 2.24. The molecule has 0 fully saturated rings. The number of halogens is 1. The summed E-state index contributed by atoms with van der Waals surface area (Å²) in [6.07, 6.45) is 2.83. The number of aromatic nitrogens is 1. The van der Waals surface area contributed by atoms with Crippen LogP contribution < -0.4 is 16.0 Å². The van der Waals surface area contributed by atoms with E-state index in [-0.39, 0.29) is 43.3 Å². The van der Waals surface area contributed by atoms with Crippen LogP contribution in [0.4, 0.5) is 4.79 Å². The molecule has 3 aromatic rings. The molecule has 0 saturated carbocycles. The maximum atomic E-state index is 14.2. The van der Waals surface area contributed by atoms with Crippen molar-refractivity contribution in [2.75, 3.05) is 6.54 Å². The molecular weight excluding hydrogens is 828 g/mol. The molecule has 3 amide bonds. The second-order valence-electron chi connectivity index (χ2n) is 18.1. The Hall–Kier alpha value is -5.21. The zero-order valence-electron chi connectivity index (χ0n) is 38.3. The van der Waals surface area contributed by atoms with Crippen molar-refractivity contribution in [1.82, 2.24) is 20.9 Å².